The fourth-order valence-corrected chi connectivity index (χ4v) is 10.4. The lowest BCUT2D eigenvalue weighted by atomic mass is 9.48. The molecule has 0 radical (unpaired) electrons. The van der Waals surface area contributed by atoms with Gasteiger partial charge in [-0.25, -0.2) is 24.1 Å². The van der Waals surface area contributed by atoms with E-state index < -0.39 is 40.7 Å². The molecule has 5 heterocycles. The molecular weight excluding hydrogens is 720 g/mol. The predicted molar refractivity (Wildman–Crippen MR) is 192 cm³/mol. The number of nitrogens with zero attached hydrogens (tertiary/aromatic N) is 5. The Hall–Kier alpha value is -4.79. The van der Waals surface area contributed by atoms with Crippen molar-refractivity contribution in [1.29, 1.82) is 0 Å². The molecule has 0 spiro atoms. The van der Waals surface area contributed by atoms with E-state index >= 15 is 4.39 Å². The van der Waals surface area contributed by atoms with Crippen molar-refractivity contribution in [3.05, 3.63) is 66.0 Å². The maximum Gasteiger partial charge on any atom is 0.434 e. The van der Waals surface area contributed by atoms with Crippen molar-refractivity contribution < 1.29 is 41.7 Å². The number of amides is 1. The van der Waals surface area contributed by atoms with Gasteiger partial charge in [-0.15, -0.1) is 0 Å². The van der Waals surface area contributed by atoms with Crippen LogP contribution in [0.25, 0.3) is 22.2 Å². The van der Waals surface area contributed by atoms with E-state index in [-0.39, 0.29) is 41.0 Å². The molecule has 1 aromatic carbocycles. The number of carbonyl (C=O) groups is 2. The summed E-state index contributed by atoms with van der Waals surface area (Å²) < 4.78 is 74.2. The molecule has 2 N–H and O–H groups in total. The molecule has 4 saturated carbocycles. The van der Waals surface area contributed by atoms with E-state index in [1.54, 1.807) is 30.7 Å². The first-order valence-electron chi connectivity index (χ1n) is 19.2. The second-order valence-electron chi connectivity index (χ2n) is 16.0. The number of benzene rings is 1. The molecule has 0 atom stereocenters. The second-order valence-corrected chi connectivity index (χ2v) is 16.0. The van der Waals surface area contributed by atoms with Gasteiger partial charge >= 0.3 is 12.1 Å². The molecule has 6 fully saturated rings. The van der Waals surface area contributed by atoms with Gasteiger partial charge in [-0.05, 0) is 92.9 Å². The first-order valence-corrected chi connectivity index (χ1v) is 19.2. The van der Waals surface area contributed by atoms with Crippen molar-refractivity contribution in [1.82, 2.24) is 24.8 Å². The number of alkyl halides is 3. The second kappa shape index (κ2) is 13.7. The van der Waals surface area contributed by atoms with Crippen molar-refractivity contribution >= 4 is 28.7 Å². The summed E-state index contributed by atoms with van der Waals surface area (Å²) in [4.78, 5) is 41.4. The summed E-state index contributed by atoms with van der Waals surface area (Å²) in [5.74, 6) is -2.23. The lowest BCUT2D eigenvalue weighted by Crippen LogP contribution is -2.70. The van der Waals surface area contributed by atoms with Crippen molar-refractivity contribution in [2.75, 3.05) is 31.2 Å². The van der Waals surface area contributed by atoms with Crippen LogP contribution in [0, 0.1) is 29.5 Å². The molecule has 11 nitrogen and oxygen atoms in total. The van der Waals surface area contributed by atoms with Crippen molar-refractivity contribution in [3.63, 3.8) is 0 Å². The molecule has 290 valence electrons. The molecule has 6 aliphatic rings. The molecule has 3 aromatic heterocycles. The molecule has 15 heteroatoms. The Morgan fingerprint density at radius 2 is 1.62 bits per heavy atom. The molecule has 4 bridgehead atoms. The van der Waals surface area contributed by atoms with Gasteiger partial charge in [-0.2, -0.15) is 13.2 Å². The molecule has 2 aliphatic heterocycles. The van der Waals surface area contributed by atoms with Gasteiger partial charge in [0.1, 0.15) is 11.6 Å². The summed E-state index contributed by atoms with van der Waals surface area (Å²) in [5, 5.41) is 13.5. The molecule has 10 rings (SSSR count). The van der Waals surface area contributed by atoms with Crippen LogP contribution in [-0.2, 0) is 15.7 Å². The van der Waals surface area contributed by atoms with Crippen LogP contribution >= 0.6 is 0 Å². The Morgan fingerprint density at radius 3 is 2.25 bits per heavy atom. The van der Waals surface area contributed by atoms with Crippen molar-refractivity contribution in [3.8, 4) is 17.0 Å². The van der Waals surface area contributed by atoms with E-state index in [9.17, 15) is 27.9 Å². The number of carbonyl (C=O) groups excluding carboxylic acids is 1. The number of hydrogen-bond acceptors (Lipinski definition) is 8. The smallest absolute Gasteiger partial charge is 0.434 e. The largest absolute Gasteiger partial charge is 0.487 e. The van der Waals surface area contributed by atoms with Crippen LogP contribution in [-0.4, -0.2) is 74.4 Å². The number of halogens is 4. The Morgan fingerprint density at radius 1 is 0.945 bits per heavy atom. The van der Waals surface area contributed by atoms with Gasteiger partial charge in [0.05, 0.1) is 16.8 Å². The third kappa shape index (κ3) is 6.37. The zero-order valence-corrected chi connectivity index (χ0v) is 30.1. The fourth-order valence-electron chi connectivity index (χ4n) is 10.4. The van der Waals surface area contributed by atoms with Gasteiger partial charge in [0, 0.05) is 80.8 Å². The standard InChI is InChI=1S/C40H42F4N6O5/c41-31-19-29-30(21-50(26-6-12-54-13-7-26)33(29)20-34(31)55-27-4-10-49(11-5-27)38-45-8-1-9-46-38)32-3-2-28(35(47-32)40(42,43)44)36(51)48-39(37(52)53)24-15-22-14-23(17-24)18-25(39)16-22/h1-3,8-9,19-27H,4-7,10-18H2,(H,48,51)(H,52,53). The van der Waals surface area contributed by atoms with E-state index in [4.69, 9.17) is 9.47 Å². The van der Waals surface area contributed by atoms with E-state index in [0.717, 1.165) is 12.5 Å². The number of ether oxygens (including phenoxy) is 2. The highest BCUT2D eigenvalue weighted by Crippen LogP contribution is 2.58. The number of anilines is 1. The van der Waals surface area contributed by atoms with Crippen LogP contribution in [0.1, 0.15) is 79.9 Å². The minimum absolute atomic E-state index is 0.0490. The van der Waals surface area contributed by atoms with Crippen LogP contribution < -0.4 is 15.0 Å². The first kappa shape index (κ1) is 35.9. The molecule has 4 aromatic rings. The van der Waals surface area contributed by atoms with Crippen LogP contribution in [0.2, 0.25) is 0 Å². The number of rotatable bonds is 8. The maximum atomic E-state index is 16.0. The zero-order valence-electron chi connectivity index (χ0n) is 30.1. The Labute approximate surface area is 314 Å². The summed E-state index contributed by atoms with van der Waals surface area (Å²) in [6.45, 7) is 2.24. The highest BCUT2D eigenvalue weighted by Gasteiger charge is 2.62. The van der Waals surface area contributed by atoms with Gasteiger partial charge in [0.2, 0.25) is 5.95 Å². The number of hydrogen-bond donors (Lipinski definition) is 2. The van der Waals surface area contributed by atoms with Gasteiger partial charge in [-0.1, -0.05) is 0 Å². The average molecular weight is 763 g/mol. The molecule has 55 heavy (non-hydrogen) atoms. The number of aromatic nitrogens is 4. The van der Waals surface area contributed by atoms with Gasteiger partial charge < -0.3 is 29.4 Å². The normalized spacial score (nSPS) is 27.1. The summed E-state index contributed by atoms with van der Waals surface area (Å²) in [5.41, 5.74) is -3.05. The summed E-state index contributed by atoms with van der Waals surface area (Å²) in [7, 11) is 0. The zero-order chi connectivity index (χ0) is 38.1. The van der Waals surface area contributed by atoms with Gasteiger partial charge in [0.15, 0.2) is 17.3 Å². The van der Waals surface area contributed by atoms with E-state index in [0.29, 0.717) is 106 Å². The molecule has 4 aliphatic carbocycles. The first-order chi connectivity index (χ1) is 26.5. The Bertz CT molecular complexity index is 2080. The number of pyridine rings is 1. The van der Waals surface area contributed by atoms with Gasteiger partial charge in [-0.3, -0.25) is 4.79 Å². The van der Waals surface area contributed by atoms with E-state index in [2.05, 4.69) is 20.3 Å². The average Bonchev–Trinajstić information content (AvgIpc) is 3.54. The topological polar surface area (TPSA) is 132 Å². The van der Waals surface area contributed by atoms with E-state index in [1.807, 2.05) is 9.47 Å². The highest BCUT2D eigenvalue weighted by atomic mass is 19.4. The van der Waals surface area contributed by atoms with Crippen molar-refractivity contribution in [2.24, 2.45) is 23.7 Å². The van der Waals surface area contributed by atoms with Gasteiger partial charge in [0.25, 0.3) is 5.91 Å². The number of carboxylic acid groups (broad SMARTS) is 1. The molecule has 2 saturated heterocycles. The lowest BCUT2D eigenvalue weighted by Gasteiger charge is -2.59. The number of fused-ring (bicyclic) bond motifs is 1. The SMILES string of the molecule is O=C(NC1(C(=O)O)C2CC3CC(C2)CC1C3)c1ccc(-c2cn(C3CCOCC3)c3cc(OC4CCN(c5ncccn5)CC4)c(F)cc23)nc1C(F)(F)F. The monoisotopic (exact) mass is 762 g/mol. The summed E-state index contributed by atoms with van der Waals surface area (Å²) >= 11 is 0. The number of aliphatic carboxylic acids is 1. The third-order valence-corrected chi connectivity index (χ3v) is 12.8. The lowest BCUT2D eigenvalue weighted by molar-refractivity contribution is -0.163. The summed E-state index contributed by atoms with van der Waals surface area (Å²) in [6.07, 6.45) is 5.82. The number of carboxylic acids is 1. The van der Waals surface area contributed by atoms with Crippen LogP contribution in [0.4, 0.5) is 23.5 Å². The predicted octanol–water partition coefficient (Wildman–Crippen LogP) is 7.06. The Kier molecular flexibility index (Phi) is 8.97. The van der Waals surface area contributed by atoms with Crippen LogP contribution in [0.15, 0.2) is 48.9 Å². The van der Waals surface area contributed by atoms with Crippen LogP contribution in [0.3, 0.4) is 0 Å². The minimum Gasteiger partial charge on any atom is -0.487 e. The highest BCUT2D eigenvalue weighted by molar-refractivity contribution is 6.00. The third-order valence-electron chi connectivity index (χ3n) is 12.8. The molecule has 1 amide bonds. The van der Waals surface area contributed by atoms with E-state index in [1.165, 1.54) is 12.1 Å². The fraction of sp³-hybridized carbons (Fsp3) is 0.525. The number of nitrogens with one attached hydrogen (secondary N) is 1. The maximum absolute atomic E-state index is 16.0. The minimum atomic E-state index is -5.04. The molecular formula is C40H42F4N6O5. The van der Waals surface area contributed by atoms with Crippen LogP contribution in [0.5, 0.6) is 5.75 Å². The number of piperidine rings is 1. The quantitative estimate of drug-likeness (QED) is 0.181. The summed E-state index contributed by atoms with van der Waals surface area (Å²) in [6, 6.07) is 6.95. The molecule has 0 unspecified atom stereocenters. The Balaban J connectivity index is 1.04. The van der Waals surface area contributed by atoms with Crippen molar-refractivity contribution in [2.45, 2.75) is 81.6 Å².